The van der Waals surface area contributed by atoms with Gasteiger partial charge in [-0.25, -0.2) is 14.8 Å². The number of nitrogens with zero attached hydrogens (tertiary/aromatic N) is 6. The number of amides is 1. The largest absolute Gasteiger partial charge is 0.478 e. The van der Waals surface area contributed by atoms with Crippen LogP contribution in [0.4, 0.5) is 0 Å². The van der Waals surface area contributed by atoms with Crippen LogP contribution in [0.15, 0.2) is 94.2 Å². The highest BCUT2D eigenvalue weighted by Crippen LogP contribution is 2.27. The Morgan fingerprint density at radius 3 is 1.57 bits per heavy atom. The van der Waals surface area contributed by atoms with Gasteiger partial charge in [0.25, 0.3) is 5.91 Å². The lowest BCUT2D eigenvalue weighted by Crippen LogP contribution is -2.44. The van der Waals surface area contributed by atoms with Crippen LogP contribution in [0.1, 0.15) is 70.9 Å². The van der Waals surface area contributed by atoms with Gasteiger partial charge in [-0.05, 0) is 121 Å². The number of rotatable bonds is 13. The Bertz CT molecular complexity index is 2290. The number of likely N-dealkylation sites (N-methyl/N-ethyl adjacent to an activating group) is 2. The zero-order chi connectivity index (χ0) is 43.1. The number of unbranched alkanes of at least 4 members (excludes halogenated alkanes) is 3. The van der Waals surface area contributed by atoms with E-state index in [-0.39, 0.29) is 11.5 Å². The number of benzene rings is 2. The van der Waals surface area contributed by atoms with Gasteiger partial charge in [0.2, 0.25) is 0 Å². The smallest absolute Gasteiger partial charge is 0.336 e. The van der Waals surface area contributed by atoms with Gasteiger partial charge in [-0.3, -0.25) is 4.79 Å². The second-order valence-corrected chi connectivity index (χ2v) is 16.4. The Morgan fingerprint density at radius 2 is 1.11 bits per heavy atom. The second-order valence-electron chi connectivity index (χ2n) is 16.4. The van der Waals surface area contributed by atoms with E-state index < -0.39 is 5.97 Å². The summed E-state index contributed by atoms with van der Waals surface area (Å²) in [5.41, 5.74) is 5.65. The van der Waals surface area contributed by atoms with E-state index in [4.69, 9.17) is 8.83 Å². The summed E-state index contributed by atoms with van der Waals surface area (Å²) < 4.78 is 10.8. The number of hydrogen-bond acceptors (Lipinski definition) is 10. The Morgan fingerprint density at radius 1 is 0.639 bits per heavy atom. The minimum absolute atomic E-state index is 0.0552. The topological polar surface area (TPSA) is 131 Å². The molecule has 0 radical (unpaired) electrons. The molecule has 2 saturated heterocycles. The molecule has 8 rings (SSSR count). The number of furan rings is 2. The molecule has 12 heteroatoms. The Labute approximate surface area is 360 Å². The highest BCUT2D eigenvalue weighted by Gasteiger charge is 2.18. The molecule has 1 amide bonds. The number of piperazine rings is 2. The maximum absolute atomic E-state index is 13.0. The number of carboxylic acids is 1. The number of hydrogen-bond donors (Lipinski definition) is 2. The predicted molar refractivity (Wildman–Crippen MR) is 244 cm³/mol. The summed E-state index contributed by atoms with van der Waals surface area (Å²) in [6, 6.07) is 22.1. The lowest BCUT2D eigenvalue weighted by atomic mass is 10.0. The van der Waals surface area contributed by atoms with Crippen molar-refractivity contribution < 1.29 is 23.5 Å². The zero-order valence-electron chi connectivity index (χ0n) is 36.7. The van der Waals surface area contributed by atoms with Crippen molar-refractivity contribution in [2.75, 3.05) is 86.1 Å². The van der Waals surface area contributed by atoms with Gasteiger partial charge in [-0.1, -0.05) is 43.0 Å². The molecule has 6 heterocycles. The van der Waals surface area contributed by atoms with Gasteiger partial charge in [0.05, 0.1) is 34.7 Å². The van der Waals surface area contributed by atoms with E-state index in [1.165, 1.54) is 58.2 Å². The van der Waals surface area contributed by atoms with Crippen molar-refractivity contribution in [1.29, 1.82) is 0 Å². The quantitative estimate of drug-likeness (QED) is 0.109. The molecule has 2 aliphatic rings. The molecular weight excluding hydrogens is 767 g/mol. The normalized spacial score (nSPS) is 15.2. The fourth-order valence-corrected chi connectivity index (χ4v) is 7.63. The van der Waals surface area contributed by atoms with Crippen molar-refractivity contribution in [1.82, 2.24) is 34.9 Å². The van der Waals surface area contributed by atoms with Gasteiger partial charge < -0.3 is 38.9 Å². The molecule has 4 aromatic heterocycles. The van der Waals surface area contributed by atoms with Crippen LogP contribution >= 0.6 is 0 Å². The van der Waals surface area contributed by atoms with E-state index in [2.05, 4.69) is 55.9 Å². The van der Waals surface area contributed by atoms with Gasteiger partial charge in [0.15, 0.2) is 11.5 Å². The molecule has 0 atom stereocenters. The van der Waals surface area contributed by atoms with Crippen molar-refractivity contribution in [2.45, 2.75) is 52.9 Å². The van der Waals surface area contributed by atoms with Gasteiger partial charge in [-0.2, -0.15) is 0 Å². The molecule has 2 aliphatic heterocycles. The molecule has 61 heavy (non-hydrogen) atoms. The number of fused-ring (bicyclic) bond motifs is 2. The molecule has 2 N–H and O–H groups in total. The maximum Gasteiger partial charge on any atom is 0.336 e. The van der Waals surface area contributed by atoms with Crippen molar-refractivity contribution in [3.63, 3.8) is 0 Å². The Kier molecular flexibility index (Phi) is 16.6. The van der Waals surface area contributed by atoms with Crippen LogP contribution in [-0.4, -0.2) is 133 Å². The molecule has 0 unspecified atom stereocenters. The molecule has 12 nitrogen and oxygen atoms in total. The summed E-state index contributed by atoms with van der Waals surface area (Å²) in [6.07, 6.45) is 9.36. The highest BCUT2D eigenvalue weighted by molar-refractivity contribution is 6.07. The average Bonchev–Trinajstić information content (AvgIpc) is 4.01. The molecule has 2 fully saturated rings. The first-order valence-corrected chi connectivity index (χ1v) is 21.8. The van der Waals surface area contributed by atoms with Crippen LogP contribution in [-0.2, 0) is 0 Å². The first-order valence-electron chi connectivity index (χ1n) is 21.8. The third-order valence-corrected chi connectivity index (χ3v) is 11.4. The number of carboxylic acid groups (broad SMARTS) is 1. The number of carbonyl (C=O) groups excluding carboxylic acids is 1. The number of carbonyl (C=O) groups is 2. The zero-order valence-corrected chi connectivity index (χ0v) is 36.7. The fraction of sp³-hybridized carbons (Fsp3) is 0.429. The van der Waals surface area contributed by atoms with E-state index in [0.29, 0.717) is 45.9 Å². The van der Waals surface area contributed by atoms with Gasteiger partial charge >= 0.3 is 5.97 Å². The summed E-state index contributed by atoms with van der Waals surface area (Å²) >= 11 is 0. The fourth-order valence-electron chi connectivity index (χ4n) is 7.63. The Hall–Kier alpha value is -5.40. The van der Waals surface area contributed by atoms with Crippen LogP contribution in [0, 0.1) is 13.8 Å². The minimum Gasteiger partial charge on any atom is -0.478 e. The summed E-state index contributed by atoms with van der Waals surface area (Å²) in [4.78, 5) is 43.4. The van der Waals surface area contributed by atoms with Crippen LogP contribution in [0.2, 0.25) is 0 Å². The van der Waals surface area contributed by atoms with Crippen molar-refractivity contribution in [2.24, 2.45) is 0 Å². The van der Waals surface area contributed by atoms with Gasteiger partial charge in [0.1, 0.15) is 11.4 Å². The van der Waals surface area contributed by atoms with Crippen molar-refractivity contribution in [3.8, 4) is 22.9 Å². The number of pyridine rings is 2. The van der Waals surface area contributed by atoms with Gasteiger partial charge in [-0.15, -0.1) is 0 Å². The SMILES string of the molecule is CCCCCN1CCN(C)CC1.Cc1ccc2nc(-c3ccco3)cc(C(=O)NCCCCN3CCN(C)CC3)c2c1.Cc1ccc2nc(-c3ccco3)cc(C(=O)O)c2c1. The number of aryl methyl sites for hydroxylation is 2. The first kappa shape index (κ1) is 45.1. The van der Waals surface area contributed by atoms with Crippen molar-refractivity contribution >= 4 is 33.7 Å². The lowest BCUT2D eigenvalue weighted by molar-refractivity contribution is 0.0698. The number of nitrogens with one attached hydrogen (secondary N) is 1. The summed E-state index contributed by atoms with van der Waals surface area (Å²) in [5.74, 6) is 0.204. The van der Waals surface area contributed by atoms with E-state index in [0.717, 1.165) is 67.6 Å². The minimum atomic E-state index is -0.967. The molecule has 324 valence electrons. The second kappa shape index (κ2) is 22.4. The molecule has 0 spiro atoms. The molecular formula is C49H63N7O5. The average molecular weight is 830 g/mol. The summed E-state index contributed by atoms with van der Waals surface area (Å²) in [6.45, 7) is 19.0. The number of aromatic carboxylic acids is 1. The third kappa shape index (κ3) is 13.0. The van der Waals surface area contributed by atoms with E-state index >= 15 is 0 Å². The van der Waals surface area contributed by atoms with Crippen LogP contribution in [0.5, 0.6) is 0 Å². The first-order chi connectivity index (χ1) is 29.6. The van der Waals surface area contributed by atoms with Crippen LogP contribution < -0.4 is 5.32 Å². The molecule has 0 aliphatic carbocycles. The van der Waals surface area contributed by atoms with E-state index in [1.54, 1.807) is 24.5 Å². The van der Waals surface area contributed by atoms with Crippen molar-refractivity contribution in [3.05, 3.63) is 108 Å². The maximum atomic E-state index is 13.0. The standard InChI is InChI=1S/C24H30N4O2.C15H11NO3.C10H22N2/c1-18-7-8-21-19(16-18)20(17-22(26-21)23-6-5-15-30-23)24(29)25-9-3-4-10-28-13-11-27(2)12-14-28;1-9-4-5-12-10(7-9)11(15(17)18)8-13(16-12)14-3-2-6-19-14;1-3-4-5-6-12-9-7-11(2)8-10-12/h5-8,15-17H,3-4,9-14H2,1-2H3,(H,25,29);2-8H,1H3,(H,17,18);3-10H2,1-2H3. The Balaban J connectivity index is 0.000000171. The highest BCUT2D eigenvalue weighted by atomic mass is 16.4. The molecule has 0 saturated carbocycles. The predicted octanol–water partition coefficient (Wildman–Crippen LogP) is 8.49. The molecule has 2 aromatic carbocycles. The van der Waals surface area contributed by atoms with Crippen LogP contribution in [0.3, 0.4) is 0 Å². The molecule has 6 aromatic rings. The van der Waals surface area contributed by atoms with Gasteiger partial charge in [0, 0.05) is 69.7 Å². The van der Waals surface area contributed by atoms with E-state index in [1.807, 2.05) is 68.4 Å². The van der Waals surface area contributed by atoms with Crippen LogP contribution in [0.25, 0.3) is 44.7 Å². The lowest BCUT2D eigenvalue weighted by Gasteiger charge is -2.32. The number of aromatic nitrogens is 2. The summed E-state index contributed by atoms with van der Waals surface area (Å²) in [7, 11) is 4.39. The third-order valence-electron chi connectivity index (χ3n) is 11.4. The summed E-state index contributed by atoms with van der Waals surface area (Å²) in [5, 5.41) is 14.0. The molecule has 0 bridgehead atoms. The monoisotopic (exact) mass is 829 g/mol. The van der Waals surface area contributed by atoms with E-state index in [9.17, 15) is 14.7 Å².